The van der Waals surface area contributed by atoms with E-state index in [4.69, 9.17) is 5.73 Å². The van der Waals surface area contributed by atoms with Crippen LogP contribution in [0.25, 0.3) is 0 Å². The van der Waals surface area contributed by atoms with E-state index >= 15 is 0 Å². The molecule has 1 fully saturated rings. The van der Waals surface area contributed by atoms with Crippen LogP contribution in [-0.4, -0.2) is 18.0 Å². The van der Waals surface area contributed by atoms with Gasteiger partial charge in [0.25, 0.3) is 5.91 Å². The van der Waals surface area contributed by atoms with Gasteiger partial charge in [0.15, 0.2) is 0 Å². The monoisotopic (exact) mass is 260 g/mol. The lowest BCUT2D eigenvalue weighted by atomic mass is 9.91. The predicted molar refractivity (Wildman–Crippen MR) is 78.2 cm³/mol. The lowest BCUT2D eigenvalue weighted by Gasteiger charge is -2.29. The molecule has 3 nitrogen and oxygen atoms in total. The Morgan fingerprint density at radius 1 is 1.21 bits per heavy atom. The Balaban J connectivity index is 1.99. The molecule has 2 rings (SSSR count). The predicted octanol–water partition coefficient (Wildman–Crippen LogP) is 2.81. The molecule has 0 spiro atoms. The van der Waals surface area contributed by atoms with Gasteiger partial charge in [-0.15, -0.1) is 0 Å². The summed E-state index contributed by atoms with van der Waals surface area (Å²) in [5.74, 6) is 0.488. The minimum atomic E-state index is -0.00217. The maximum atomic E-state index is 12.2. The lowest BCUT2D eigenvalue weighted by Crippen LogP contribution is -2.49. The van der Waals surface area contributed by atoms with Gasteiger partial charge in [0.05, 0.1) is 0 Å². The van der Waals surface area contributed by atoms with Crippen LogP contribution in [-0.2, 0) is 0 Å². The second-order valence-corrected chi connectivity index (χ2v) is 5.80. The Bertz CT molecular complexity index is 425. The van der Waals surface area contributed by atoms with Crippen LogP contribution >= 0.6 is 0 Å². The first kappa shape index (κ1) is 14.1. The van der Waals surface area contributed by atoms with E-state index in [2.05, 4.69) is 19.2 Å². The minimum absolute atomic E-state index is 0.00217. The molecular formula is C16H24N2O. The summed E-state index contributed by atoms with van der Waals surface area (Å²) in [5.41, 5.74) is 8.03. The first-order valence-electron chi connectivity index (χ1n) is 7.24. The maximum Gasteiger partial charge on any atom is 0.251 e. The summed E-state index contributed by atoms with van der Waals surface area (Å²) in [4.78, 5) is 12.2. The van der Waals surface area contributed by atoms with Crippen LogP contribution in [0.1, 0.15) is 61.4 Å². The SMILES string of the molecule is CC(C)c1ccc(C(=O)NC2CCCCC2N)cc1. The molecule has 1 saturated carbocycles. The van der Waals surface area contributed by atoms with E-state index in [1.807, 2.05) is 24.3 Å². The zero-order chi connectivity index (χ0) is 13.8. The number of nitrogens with one attached hydrogen (secondary N) is 1. The standard InChI is InChI=1S/C16H24N2O/c1-11(2)12-7-9-13(10-8-12)16(19)18-15-6-4-3-5-14(15)17/h7-11,14-15H,3-6,17H2,1-2H3,(H,18,19). The van der Waals surface area contributed by atoms with E-state index in [0.717, 1.165) is 24.8 Å². The van der Waals surface area contributed by atoms with Gasteiger partial charge in [-0.1, -0.05) is 38.8 Å². The highest BCUT2D eigenvalue weighted by Crippen LogP contribution is 2.18. The molecule has 104 valence electrons. The van der Waals surface area contributed by atoms with Crippen LogP contribution in [0.3, 0.4) is 0 Å². The van der Waals surface area contributed by atoms with Gasteiger partial charge in [-0.25, -0.2) is 0 Å². The summed E-state index contributed by atoms with van der Waals surface area (Å²) < 4.78 is 0. The molecule has 3 N–H and O–H groups in total. The summed E-state index contributed by atoms with van der Waals surface area (Å²) in [7, 11) is 0. The van der Waals surface area contributed by atoms with Crippen molar-refractivity contribution in [2.45, 2.75) is 57.5 Å². The largest absolute Gasteiger partial charge is 0.348 e. The number of hydrogen-bond acceptors (Lipinski definition) is 2. The smallest absolute Gasteiger partial charge is 0.251 e. The van der Waals surface area contributed by atoms with Crippen LogP contribution in [0, 0.1) is 0 Å². The Morgan fingerprint density at radius 2 is 1.84 bits per heavy atom. The minimum Gasteiger partial charge on any atom is -0.348 e. The normalized spacial score (nSPS) is 23.4. The molecule has 0 aromatic heterocycles. The average Bonchev–Trinajstić information content (AvgIpc) is 2.41. The Hall–Kier alpha value is -1.35. The van der Waals surface area contributed by atoms with Crippen molar-refractivity contribution in [2.24, 2.45) is 5.73 Å². The van der Waals surface area contributed by atoms with Crippen molar-refractivity contribution in [1.82, 2.24) is 5.32 Å². The molecule has 0 saturated heterocycles. The molecule has 1 aromatic rings. The molecule has 1 aliphatic rings. The number of benzene rings is 1. The van der Waals surface area contributed by atoms with Crippen LogP contribution in [0.5, 0.6) is 0 Å². The summed E-state index contributed by atoms with van der Waals surface area (Å²) >= 11 is 0. The highest BCUT2D eigenvalue weighted by atomic mass is 16.1. The maximum absolute atomic E-state index is 12.2. The Morgan fingerprint density at radius 3 is 2.42 bits per heavy atom. The van der Waals surface area contributed by atoms with Crippen molar-refractivity contribution in [1.29, 1.82) is 0 Å². The van der Waals surface area contributed by atoms with E-state index in [1.165, 1.54) is 12.0 Å². The summed E-state index contributed by atoms with van der Waals surface area (Å²) in [6.45, 7) is 4.30. The van der Waals surface area contributed by atoms with Crippen molar-refractivity contribution >= 4 is 5.91 Å². The number of carbonyl (C=O) groups is 1. The molecule has 0 heterocycles. The molecular weight excluding hydrogens is 236 g/mol. The Labute approximate surface area is 115 Å². The second kappa shape index (κ2) is 6.20. The molecule has 3 heteroatoms. The van der Waals surface area contributed by atoms with Crippen molar-refractivity contribution in [3.05, 3.63) is 35.4 Å². The number of rotatable bonds is 3. The summed E-state index contributed by atoms with van der Waals surface area (Å²) in [6, 6.07) is 8.09. The molecule has 1 amide bonds. The fraction of sp³-hybridized carbons (Fsp3) is 0.562. The van der Waals surface area contributed by atoms with Gasteiger partial charge < -0.3 is 11.1 Å². The zero-order valence-electron chi connectivity index (χ0n) is 11.9. The van der Waals surface area contributed by atoms with Gasteiger partial charge in [-0.2, -0.15) is 0 Å². The topological polar surface area (TPSA) is 55.1 Å². The van der Waals surface area contributed by atoms with Gasteiger partial charge >= 0.3 is 0 Å². The highest BCUT2D eigenvalue weighted by molar-refractivity contribution is 5.94. The van der Waals surface area contributed by atoms with E-state index in [-0.39, 0.29) is 18.0 Å². The Kier molecular flexibility index (Phi) is 4.59. The van der Waals surface area contributed by atoms with Crippen molar-refractivity contribution in [3.8, 4) is 0 Å². The number of amides is 1. The van der Waals surface area contributed by atoms with Crippen LogP contribution in [0.4, 0.5) is 0 Å². The molecule has 19 heavy (non-hydrogen) atoms. The highest BCUT2D eigenvalue weighted by Gasteiger charge is 2.23. The van der Waals surface area contributed by atoms with Crippen molar-refractivity contribution in [3.63, 3.8) is 0 Å². The molecule has 0 aliphatic heterocycles. The number of nitrogens with two attached hydrogens (primary N) is 1. The van der Waals surface area contributed by atoms with E-state index < -0.39 is 0 Å². The molecule has 0 bridgehead atoms. The van der Waals surface area contributed by atoms with Gasteiger partial charge in [0, 0.05) is 17.6 Å². The fourth-order valence-corrected chi connectivity index (χ4v) is 2.61. The molecule has 2 unspecified atom stereocenters. The van der Waals surface area contributed by atoms with Crippen LogP contribution in [0.15, 0.2) is 24.3 Å². The van der Waals surface area contributed by atoms with Crippen LogP contribution < -0.4 is 11.1 Å². The molecule has 2 atom stereocenters. The average molecular weight is 260 g/mol. The van der Waals surface area contributed by atoms with Gasteiger partial charge in [-0.05, 0) is 36.5 Å². The van der Waals surface area contributed by atoms with Crippen molar-refractivity contribution in [2.75, 3.05) is 0 Å². The van der Waals surface area contributed by atoms with Crippen LogP contribution in [0.2, 0.25) is 0 Å². The van der Waals surface area contributed by atoms with Gasteiger partial charge in [-0.3, -0.25) is 4.79 Å². The van der Waals surface area contributed by atoms with E-state index in [1.54, 1.807) is 0 Å². The third-order valence-corrected chi connectivity index (χ3v) is 3.98. The van der Waals surface area contributed by atoms with E-state index in [9.17, 15) is 4.79 Å². The third-order valence-electron chi connectivity index (χ3n) is 3.98. The number of carbonyl (C=O) groups excluding carboxylic acids is 1. The summed E-state index contributed by atoms with van der Waals surface area (Å²) in [6.07, 6.45) is 4.34. The molecule has 1 aromatic carbocycles. The lowest BCUT2D eigenvalue weighted by molar-refractivity contribution is 0.0921. The first-order valence-corrected chi connectivity index (χ1v) is 7.24. The van der Waals surface area contributed by atoms with Gasteiger partial charge in [0.1, 0.15) is 0 Å². The molecule has 0 radical (unpaired) electrons. The second-order valence-electron chi connectivity index (χ2n) is 5.80. The van der Waals surface area contributed by atoms with E-state index in [0.29, 0.717) is 5.92 Å². The van der Waals surface area contributed by atoms with Gasteiger partial charge in [0.2, 0.25) is 0 Å². The quantitative estimate of drug-likeness (QED) is 0.878. The third kappa shape index (κ3) is 3.57. The van der Waals surface area contributed by atoms with Crippen molar-refractivity contribution < 1.29 is 4.79 Å². The first-order chi connectivity index (χ1) is 9.08. The fourth-order valence-electron chi connectivity index (χ4n) is 2.61. The number of hydrogen-bond donors (Lipinski definition) is 2. The zero-order valence-corrected chi connectivity index (χ0v) is 11.9. The summed E-state index contributed by atoms with van der Waals surface area (Å²) in [5, 5.41) is 3.07. The molecule has 1 aliphatic carbocycles.